The first kappa shape index (κ1) is 11.1. The van der Waals surface area contributed by atoms with Crippen LogP contribution in [0.3, 0.4) is 0 Å². The van der Waals surface area contributed by atoms with Gasteiger partial charge in [-0.2, -0.15) is 0 Å². The fourth-order valence-electron chi connectivity index (χ4n) is 2.26. The lowest BCUT2D eigenvalue weighted by molar-refractivity contribution is -0.134. The highest BCUT2D eigenvalue weighted by Crippen LogP contribution is 2.30. The Morgan fingerprint density at radius 1 is 1.33 bits per heavy atom. The summed E-state index contributed by atoms with van der Waals surface area (Å²) >= 11 is 0. The van der Waals surface area contributed by atoms with Crippen LogP contribution in [-0.2, 0) is 9.53 Å². The lowest BCUT2D eigenvalue weighted by atomic mass is 10.0. The summed E-state index contributed by atoms with van der Waals surface area (Å²) in [5, 5.41) is 1.08. The average Bonchev–Trinajstić information content (AvgIpc) is 2.94. The van der Waals surface area contributed by atoms with Crippen LogP contribution in [-0.4, -0.2) is 12.6 Å². The largest absolute Gasteiger partial charge is 0.460 e. The number of carbonyl (C=O) groups excluding carboxylic acids is 1. The molecule has 0 bridgehead atoms. The van der Waals surface area contributed by atoms with Gasteiger partial charge in [-0.05, 0) is 30.2 Å². The van der Waals surface area contributed by atoms with E-state index in [0.29, 0.717) is 6.61 Å². The fourth-order valence-corrected chi connectivity index (χ4v) is 2.26. The van der Waals surface area contributed by atoms with Gasteiger partial charge in [0.25, 0.3) is 0 Å². The quantitative estimate of drug-likeness (QED) is 0.757. The van der Waals surface area contributed by atoms with Crippen LogP contribution in [0.25, 0.3) is 16.5 Å². The smallest absolute Gasteiger partial charge is 0.331 e. The van der Waals surface area contributed by atoms with Gasteiger partial charge in [0.2, 0.25) is 0 Å². The Morgan fingerprint density at radius 2 is 2.17 bits per heavy atom. The molecule has 3 heteroatoms. The Kier molecular flexibility index (Phi) is 2.47. The number of aryl methyl sites for hydroxylation is 1. The molecular formula is C15H13O3. The van der Waals surface area contributed by atoms with E-state index < -0.39 is 0 Å². The zero-order valence-corrected chi connectivity index (χ0v) is 10.3. The number of cyclic esters (lactones) is 1. The van der Waals surface area contributed by atoms with Crippen LogP contribution in [0.2, 0.25) is 0 Å². The number of fused-ring (bicyclic) bond motifs is 1. The lowest BCUT2D eigenvalue weighted by Gasteiger charge is -2.00. The van der Waals surface area contributed by atoms with Crippen LogP contribution in [0.1, 0.15) is 23.8 Å². The molecule has 91 valence electrons. The van der Waals surface area contributed by atoms with Gasteiger partial charge >= 0.3 is 5.97 Å². The van der Waals surface area contributed by atoms with Gasteiger partial charge in [-0.15, -0.1) is 0 Å². The normalized spacial score (nSPS) is 15.0. The first-order valence-corrected chi connectivity index (χ1v) is 5.89. The summed E-state index contributed by atoms with van der Waals surface area (Å²) in [7, 11) is 0. The Balaban J connectivity index is 2.13. The van der Waals surface area contributed by atoms with Crippen molar-refractivity contribution in [2.45, 2.75) is 13.8 Å². The van der Waals surface area contributed by atoms with Gasteiger partial charge in [0, 0.05) is 23.5 Å². The summed E-state index contributed by atoms with van der Waals surface area (Å²) in [6, 6.07) is 5.95. The van der Waals surface area contributed by atoms with Gasteiger partial charge in [-0.25, -0.2) is 4.79 Å². The first-order valence-electron chi connectivity index (χ1n) is 5.89. The minimum absolute atomic E-state index is 0.267. The van der Waals surface area contributed by atoms with E-state index in [1.165, 1.54) is 0 Å². The molecule has 0 aliphatic carbocycles. The SMILES string of the molecule is C[CH]c1oc2ccc(C3=CC(=O)OC3)cc2c1C. The molecule has 0 N–H and O–H groups in total. The van der Waals surface area contributed by atoms with E-state index in [0.717, 1.165) is 33.4 Å². The molecule has 0 atom stereocenters. The third-order valence-corrected chi connectivity index (χ3v) is 3.27. The van der Waals surface area contributed by atoms with E-state index in [1.807, 2.05) is 32.4 Å². The van der Waals surface area contributed by atoms with Crippen molar-refractivity contribution in [2.24, 2.45) is 0 Å². The van der Waals surface area contributed by atoms with Crippen molar-refractivity contribution in [1.29, 1.82) is 0 Å². The zero-order valence-electron chi connectivity index (χ0n) is 10.3. The number of hydrogen-bond donors (Lipinski definition) is 0. The molecule has 0 unspecified atom stereocenters. The first-order chi connectivity index (χ1) is 8.69. The topological polar surface area (TPSA) is 39.4 Å². The average molecular weight is 241 g/mol. The van der Waals surface area contributed by atoms with E-state index in [-0.39, 0.29) is 5.97 Å². The van der Waals surface area contributed by atoms with Gasteiger partial charge in [0.15, 0.2) is 0 Å². The maximum Gasteiger partial charge on any atom is 0.331 e. The van der Waals surface area contributed by atoms with Crippen LogP contribution in [0.15, 0.2) is 28.7 Å². The molecule has 0 fully saturated rings. The van der Waals surface area contributed by atoms with Crippen LogP contribution in [0.5, 0.6) is 0 Å². The fraction of sp³-hybridized carbons (Fsp3) is 0.200. The third-order valence-electron chi connectivity index (χ3n) is 3.27. The number of rotatable bonds is 2. The molecule has 0 amide bonds. The Labute approximate surface area is 105 Å². The van der Waals surface area contributed by atoms with Crippen molar-refractivity contribution in [3.63, 3.8) is 0 Å². The second-order valence-corrected chi connectivity index (χ2v) is 4.37. The molecule has 0 saturated carbocycles. The highest BCUT2D eigenvalue weighted by molar-refractivity contribution is 5.97. The lowest BCUT2D eigenvalue weighted by Crippen LogP contribution is -1.91. The molecule has 0 spiro atoms. The number of benzene rings is 1. The minimum atomic E-state index is -0.267. The molecule has 18 heavy (non-hydrogen) atoms. The highest BCUT2D eigenvalue weighted by atomic mass is 16.5. The van der Waals surface area contributed by atoms with Crippen LogP contribution in [0, 0.1) is 13.3 Å². The maximum atomic E-state index is 11.1. The predicted molar refractivity (Wildman–Crippen MR) is 69.0 cm³/mol. The molecule has 2 aromatic rings. The van der Waals surface area contributed by atoms with Crippen molar-refractivity contribution in [3.05, 3.63) is 47.6 Å². The van der Waals surface area contributed by atoms with E-state index >= 15 is 0 Å². The molecule has 1 aromatic heterocycles. The number of hydrogen-bond acceptors (Lipinski definition) is 3. The molecule has 3 nitrogen and oxygen atoms in total. The monoisotopic (exact) mass is 241 g/mol. The molecule has 1 aliphatic rings. The zero-order chi connectivity index (χ0) is 12.7. The Hall–Kier alpha value is -2.03. The van der Waals surface area contributed by atoms with Gasteiger partial charge in [0.1, 0.15) is 18.0 Å². The van der Waals surface area contributed by atoms with Crippen molar-refractivity contribution in [3.8, 4) is 0 Å². The van der Waals surface area contributed by atoms with Crippen molar-refractivity contribution < 1.29 is 13.9 Å². The third kappa shape index (κ3) is 1.63. The Bertz CT molecular complexity index is 662. The molecule has 1 radical (unpaired) electrons. The van der Waals surface area contributed by atoms with Crippen LogP contribution in [0.4, 0.5) is 0 Å². The molecule has 2 heterocycles. The van der Waals surface area contributed by atoms with Crippen molar-refractivity contribution in [2.75, 3.05) is 6.61 Å². The van der Waals surface area contributed by atoms with Gasteiger partial charge in [-0.1, -0.05) is 13.0 Å². The number of esters is 1. The van der Waals surface area contributed by atoms with E-state index in [4.69, 9.17) is 9.15 Å². The van der Waals surface area contributed by atoms with Gasteiger partial charge in [0.05, 0.1) is 0 Å². The maximum absolute atomic E-state index is 11.1. The summed E-state index contributed by atoms with van der Waals surface area (Å²) in [6.07, 6.45) is 3.50. The highest BCUT2D eigenvalue weighted by Gasteiger charge is 2.16. The standard InChI is InChI=1S/C15H13O3/c1-3-13-9(2)12-6-10(4-5-14(12)18-13)11-7-15(16)17-8-11/h3-7H,8H2,1-2H3. The Morgan fingerprint density at radius 3 is 2.83 bits per heavy atom. The summed E-state index contributed by atoms with van der Waals surface area (Å²) in [4.78, 5) is 11.1. The van der Waals surface area contributed by atoms with Crippen molar-refractivity contribution in [1.82, 2.24) is 0 Å². The van der Waals surface area contributed by atoms with Crippen molar-refractivity contribution >= 4 is 22.5 Å². The number of furan rings is 1. The molecule has 0 saturated heterocycles. The second kappa shape index (κ2) is 4.02. The van der Waals surface area contributed by atoms with Gasteiger partial charge in [-0.3, -0.25) is 0 Å². The molecular weight excluding hydrogens is 228 g/mol. The van der Waals surface area contributed by atoms with E-state index in [1.54, 1.807) is 6.08 Å². The molecule has 1 aromatic carbocycles. The number of carbonyl (C=O) groups is 1. The summed E-state index contributed by atoms with van der Waals surface area (Å²) < 4.78 is 10.6. The molecule has 1 aliphatic heterocycles. The minimum Gasteiger partial charge on any atom is -0.460 e. The molecule has 3 rings (SSSR count). The summed E-state index contributed by atoms with van der Waals surface area (Å²) in [6.45, 7) is 4.35. The summed E-state index contributed by atoms with van der Waals surface area (Å²) in [5.41, 5.74) is 3.93. The van der Waals surface area contributed by atoms with E-state index in [2.05, 4.69) is 6.07 Å². The summed E-state index contributed by atoms with van der Waals surface area (Å²) in [5.74, 6) is 0.631. The number of ether oxygens (including phenoxy) is 1. The van der Waals surface area contributed by atoms with Gasteiger partial charge < -0.3 is 9.15 Å². The predicted octanol–water partition coefficient (Wildman–Crippen LogP) is 3.25. The van der Waals surface area contributed by atoms with E-state index in [9.17, 15) is 4.79 Å². The second-order valence-electron chi connectivity index (χ2n) is 4.37. The van der Waals surface area contributed by atoms with Crippen LogP contribution >= 0.6 is 0 Å². The van der Waals surface area contributed by atoms with Crippen LogP contribution < -0.4 is 0 Å².